The molecule has 1 aliphatic heterocycles. The van der Waals surface area contributed by atoms with Crippen LogP contribution in [0.15, 0.2) is 48.8 Å². The van der Waals surface area contributed by atoms with Gasteiger partial charge in [-0.25, -0.2) is 9.97 Å². The van der Waals surface area contributed by atoms with Crippen molar-refractivity contribution in [2.45, 2.75) is 19.4 Å². The lowest BCUT2D eigenvalue weighted by molar-refractivity contribution is -0.115. The van der Waals surface area contributed by atoms with Crippen molar-refractivity contribution >= 4 is 46.5 Å². The van der Waals surface area contributed by atoms with E-state index in [9.17, 15) is 4.79 Å². The number of benzene rings is 2. The summed E-state index contributed by atoms with van der Waals surface area (Å²) in [4.78, 5) is 25.9. The second kappa shape index (κ2) is 11.5. The molecular weight excluding hydrogens is 493 g/mol. The van der Waals surface area contributed by atoms with Crippen LogP contribution in [0.1, 0.15) is 22.4 Å². The highest BCUT2D eigenvalue weighted by atomic mass is 35.5. The maximum Gasteiger partial charge on any atom is 0.230 e. The van der Waals surface area contributed by atoms with Gasteiger partial charge in [0.1, 0.15) is 12.1 Å². The van der Waals surface area contributed by atoms with Gasteiger partial charge in [0, 0.05) is 60.3 Å². The Morgan fingerprint density at radius 2 is 1.59 bits per heavy atom. The predicted molar refractivity (Wildman–Crippen MR) is 138 cm³/mol. The van der Waals surface area contributed by atoms with Gasteiger partial charge in [0.15, 0.2) is 0 Å². The number of carbonyl (C=O) groups excluding carboxylic acids is 1. The quantitative estimate of drug-likeness (QED) is 0.479. The summed E-state index contributed by atoms with van der Waals surface area (Å²) in [6.45, 7) is 5.41. The van der Waals surface area contributed by atoms with Crippen LogP contribution in [0, 0.1) is 0 Å². The Balaban J connectivity index is 1.34. The number of nitrogens with one attached hydrogen (secondary N) is 1. The van der Waals surface area contributed by atoms with Gasteiger partial charge in [0.05, 0.1) is 12.1 Å². The van der Waals surface area contributed by atoms with Gasteiger partial charge in [-0.15, -0.1) is 0 Å². The fraction of sp³-hybridized carbons (Fsp3) is 0.320. The number of piperazine rings is 1. The average molecular weight is 519 g/mol. The van der Waals surface area contributed by atoms with E-state index in [0.29, 0.717) is 32.9 Å². The number of anilines is 1. The van der Waals surface area contributed by atoms with Crippen molar-refractivity contribution in [2.24, 2.45) is 0 Å². The molecule has 0 unspecified atom stereocenters. The van der Waals surface area contributed by atoms with Crippen molar-refractivity contribution in [3.63, 3.8) is 0 Å². The Kier molecular flexibility index (Phi) is 8.40. The minimum Gasteiger partial charge on any atom is -0.310 e. The maximum absolute atomic E-state index is 12.5. The van der Waals surface area contributed by atoms with Crippen LogP contribution in [0.2, 0.25) is 15.1 Å². The molecule has 0 atom stereocenters. The summed E-state index contributed by atoms with van der Waals surface area (Å²) >= 11 is 18.3. The van der Waals surface area contributed by atoms with Gasteiger partial charge in [-0.3, -0.25) is 9.69 Å². The lowest BCUT2D eigenvalue weighted by Gasteiger charge is -2.32. The zero-order chi connectivity index (χ0) is 24.1. The van der Waals surface area contributed by atoms with Crippen molar-refractivity contribution in [1.29, 1.82) is 0 Å². The Hall–Kier alpha value is -2.22. The molecule has 1 amide bonds. The van der Waals surface area contributed by atoms with Gasteiger partial charge in [0.2, 0.25) is 5.91 Å². The number of carbonyl (C=O) groups is 1. The summed E-state index contributed by atoms with van der Waals surface area (Å²) in [5.41, 5.74) is 3.80. The molecule has 1 aliphatic rings. The largest absolute Gasteiger partial charge is 0.310 e. The zero-order valence-electron chi connectivity index (χ0n) is 18.9. The highest BCUT2D eigenvalue weighted by Gasteiger charge is 2.15. The van der Waals surface area contributed by atoms with Crippen molar-refractivity contribution in [3.05, 3.63) is 86.2 Å². The number of nitrogens with zero attached hydrogens (tertiary/aromatic N) is 4. The lowest BCUT2D eigenvalue weighted by Crippen LogP contribution is -2.43. The first kappa shape index (κ1) is 24.9. The van der Waals surface area contributed by atoms with Crippen LogP contribution >= 0.6 is 34.8 Å². The van der Waals surface area contributed by atoms with E-state index in [4.69, 9.17) is 34.8 Å². The van der Waals surface area contributed by atoms with Crippen molar-refractivity contribution in [2.75, 3.05) is 38.5 Å². The van der Waals surface area contributed by atoms with Crippen LogP contribution in [-0.2, 0) is 24.2 Å². The van der Waals surface area contributed by atoms with Gasteiger partial charge in [-0.2, -0.15) is 0 Å². The van der Waals surface area contributed by atoms with Crippen LogP contribution in [0.4, 0.5) is 5.82 Å². The monoisotopic (exact) mass is 517 g/mol. The number of halogens is 3. The topological polar surface area (TPSA) is 61.4 Å². The third-order valence-corrected chi connectivity index (χ3v) is 6.74. The van der Waals surface area contributed by atoms with Gasteiger partial charge >= 0.3 is 0 Å². The molecule has 178 valence electrons. The van der Waals surface area contributed by atoms with E-state index < -0.39 is 0 Å². The van der Waals surface area contributed by atoms with Crippen LogP contribution in [-0.4, -0.2) is 58.9 Å². The standard InChI is InChI=1S/C25H26Cl3N5O/c1-32-6-8-33(9-7-32)15-18-4-2-17(3-5-18)10-20-13-24(30-16-29-20)31-25(34)14-21-22(27)11-19(26)12-23(21)28/h2-5,11-13,16H,6-10,14-15H2,1H3,(H,29,30,31,34). The van der Waals surface area contributed by atoms with Crippen LogP contribution < -0.4 is 5.32 Å². The lowest BCUT2D eigenvalue weighted by atomic mass is 10.1. The highest BCUT2D eigenvalue weighted by molar-refractivity contribution is 6.39. The van der Waals surface area contributed by atoms with E-state index in [1.165, 1.54) is 11.9 Å². The third kappa shape index (κ3) is 6.90. The summed E-state index contributed by atoms with van der Waals surface area (Å²) < 4.78 is 0. The fourth-order valence-corrected chi connectivity index (χ4v) is 4.84. The van der Waals surface area contributed by atoms with Crippen molar-refractivity contribution < 1.29 is 4.79 Å². The number of rotatable bonds is 7. The molecule has 3 aromatic rings. The zero-order valence-corrected chi connectivity index (χ0v) is 21.2. The molecule has 0 aliphatic carbocycles. The number of hydrogen-bond acceptors (Lipinski definition) is 5. The smallest absolute Gasteiger partial charge is 0.230 e. The first-order valence-corrected chi connectivity index (χ1v) is 12.2. The highest BCUT2D eigenvalue weighted by Crippen LogP contribution is 2.29. The second-order valence-electron chi connectivity index (χ2n) is 8.54. The van der Waals surface area contributed by atoms with E-state index in [2.05, 4.69) is 56.4 Å². The molecule has 2 heterocycles. The van der Waals surface area contributed by atoms with E-state index >= 15 is 0 Å². The summed E-state index contributed by atoms with van der Waals surface area (Å²) in [6.07, 6.45) is 2.12. The van der Waals surface area contributed by atoms with Crippen molar-refractivity contribution in [1.82, 2.24) is 19.8 Å². The minimum atomic E-state index is -0.274. The Morgan fingerprint density at radius 3 is 2.26 bits per heavy atom. The van der Waals surface area contributed by atoms with Crippen LogP contribution in [0.3, 0.4) is 0 Å². The first-order chi connectivity index (χ1) is 16.4. The normalized spacial score (nSPS) is 14.8. The van der Waals surface area contributed by atoms with E-state index in [-0.39, 0.29) is 12.3 Å². The Bertz CT molecular complexity index is 1120. The maximum atomic E-state index is 12.5. The molecule has 9 heteroatoms. The summed E-state index contributed by atoms with van der Waals surface area (Å²) in [6, 6.07) is 13.5. The molecule has 6 nitrogen and oxygen atoms in total. The number of hydrogen-bond donors (Lipinski definition) is 1. The fourth-order valence-electron chi connectivity index (χ4n) is 3.89. The van der Waals surface area contributed by atoms with E-state index in [1.54, 1.807) is 18.2 Å². The molecule has 2 aromatic carbocycles. The predicted octanol–water partition coefficient (Wildman–Crippen LogP) is 4.96. The first-order valence-electron chi connectivity index (χ1n) is 11.1. The number of aromatic nitrogens is 2. The van der Waals surface area contributed by atoms with Crippen LogP contribution in [0.5, 0.6) is 0 Å². The van der Waals surface area contributed by atoms with Gasteiger partial charge in [0.25, 0.3) is 0 Å². The van der Waals surface area contributed by atoms with Crippen LogP contribution in [0.25, 0.3) is 0 Å². The third-order valence-electron chi connectivity index (χ3n) is 5.84. The average Bonchev–Trinajstić information content (AvgIpc) is 2.79. The molecule has 0 bridgehead atoms. The Morgan fingerprint density at radius 1 is 0.941 bits per heavy atom. The molecule has 0 radical (unpaired) electrons. The number of amides is 1. The molecule has 1 aromatic heterocycles. The summed E-state index contributed by atoms with van der Waals surface area (Å²) in [5, 5.41) is 3.92. The molecule has 1 fully saturated rings. The SMILES string of the molecule is CN1CCN(Cc2ccc(Cc3cc(NC(=O)Cc4c(Cl)cc(Cl)cc4Cl)ncn3)cc2)CC1. The minimum absolute atomic E-state index is 0.0168. The molecule has 4 rings (SSSR count). The van der Waals surface area contributed by atoms with Gasteiger partial charge in [-0.1, -0.05) is 59.1 Å². The Labute approximate surface area is 214 Å². The van der Waals surface area contributed by atoms with E-state index in [1.807, 2.05) is 0 Å². The van der Waals surface area contributed by atoms with E-state index in [0.717, 1.165) is 44.0 Å². The molecular formula is C25H26Cl3N5O. The molecule has 1 saturated heterocycles. The van der Waals surface area contributed by atoms with Gasteiger partial charge < -0.3 is 10.2 Å². The summed E-state index contributed by atoms with van der Waals surface area (Å²) in [5.74, 6) is 0.159. The number of likely N-dealkylation sites (N-methyl/N-ethyl adjacent to an activating group) is 1. The molecule has 34 heavy (non-hydrogen) atoms. The second-order valence-corrected chi connectivity index (χ2v) is 9.79. The summed E-state index contributed by atoms with van der Waals surface area (Å²) in [7, 11) is 2.17. The molecule has 0 spiro atoms. The molecule has 0 saturated carbocycles. The van der Waals surface area contributed by atoms with Gasteiger partial charge in [-0.05, 0) is 35.9 Å². The van der Waals surface area contributed by atoms with Crippen molar-refractivity contribution in [3.8, 4) is 0 Å². The molecule has 1 N–H and O–H groups in total.